The van der Waals surface area contributed by atoms with Crippen LogP contribution < -0.4 is 0 Å². The Kier molecular flexibility index (Phi) is 6.28. The standard InChI is InChI=1S/C21H32N2O2/c1-16-10-11-19(23(15-16)20(24)25-21(2,3)4)18-9-7-8-17(14-18)12-13-22(5)6/h7-9,11,14,16H,10,12-13,15H2,1-6H3/t16-/m0/s1. The molecule has 1 amide bonds. The molecule has 1 aromatic rings. The van der Waals surface area contributed by atoms with Gasteiger partial charge in [-0.1, -0.05) is 31.2 Å². The molecule has 1 heterocycles. The molecule has 0 saturated heterocycles. The highest BCUT2D eigenvalue weighted by atomic mass is 16.6. The highest BCUT2D eigenvalue weighted by Crippen LogP contribution is 2.29. The molecule has 0 spiro atoms. The van der Waals surface area contributed by atoms with Crippen LogP contribution in [0.4, 0.5) is 4.79 Å². The Morgan fingerprint density at radius 3 is 2.68 bits per heavy atom. The van der Waals surface area contributed by atoms with Gasteiger partial charge >= 0.3 is 6.09 Å². The average Bonchev–Trinajstić information content (AvgIpc) is 2.51. The minimum absolute atomic E-state index is 0.260. The molecular formula is C21H32N2O2. The molecule has 2 rings (SSSR count). The van der Waals surface area contributed by atoms with Gasteiger partial charge in [-0.25, -0.2) is 4.79 Å². The summed E-state index contributed by atoms with van der Waals surface area (Å²) in [5, 5.41) is 0. The van der Waals surface area contributed by atoms with Gasteiger partial charge in [0.2, 0.25) is 0 Å². The van der Waals surface area contributed by atoms with E-state index in [1.807, 2.05) is 20.8 Å². The van der Waals surface area contributed by atoms with E-state index < -0.39 is 5.60 Å². The average molecular weight is 344 g/mol. The number of rotatable bonds is 4. The summed E-state index contributed by atoms with van der Waals surface area (Å²) in [7, 11) is 4.16. The van der Waals surface area contributed by atoms with Crippen LogP contribution in [0.2, 0.25) is 0 Å². The molecule has 0 aliphatic carbocycles. The van der Waals surface area contributed by atoms with Crippen molar-refractivity contribution in [2.24, 2.45) is 5.92 Å². The maximum absolute atomic E-state index is 12.7. The molecule has 0 radical (unpaired) electrons. The van der Waals surface area contributed by atoms with Crippen LogP contribution in [-0.4, -0.2) is 48.7 Å². The Hall–Kier alpha value is -1.81. The minimum Gasteiger partial charge on any atom is -0.443 e. The predicted molar refractivity (Wildman–Crippen MR) is 103 cm³/mol. The first-order chi connectivity index (χ1) is 11.7. The number of amides is 1. The molecule has 25 heavy (non-hydrogen) atoms. The Morgan fingerprint density at radius 1 is 1.32 bits per heavy atom. The van der Waals surface area contributed by atoms with Crippen molar-refractivity contribution in [3.63, 3.8) is 0 Å². The Balaban J connectivity index is 2.25. The highest BCUT2D eigenvalue weighted by molar-refractivity contribution is 5.83. The summed E-state index contributed by atoms with van der Waals surface area (Å²) < 4.78 is 5.63. The Morgan fingerprint density at radius 2 is 2.04 bits per heavy atom. The van der Waals surface area contributed by atoms with Gasteiger partial charge in [0.05, 0.1) is 5.70 Å². The van der Waals surface area contributed by atoms with Crippen LogP contribution in [0.25, 0.3) is 5.70 Å². The van der Waals surface area contributed by atoms with Gasteiger partial charge in [-0.15, -0.1) is 0 Å². The number of hydrogen-bond acceptors (Lipinski definition) is 3. The zero-order chi connectivity index (χ0) is 18.6. The lowest BCUT2D eigenvalue weighted by Crippen LogP contribution is -2.39. The maximum Gasteiger partial charge on any atom is 0.414 e. The first-order valence-electron chi connectivity index (χ1n) is 9.10. The second-order valence-corrected chi connectivity index (χ2v) is 8.27. The molecule has 1 aromatic carbocycles. The second-order valence-electron chi connectivity index (χ2n) is 8.27. The van der Waals surface area contributed by atoms with Crippen LogP contribution in [-0.2, 0) is 11.2 Å². The number of benzene rings is 1. The smallest absolute Gasteiger partial charge is 0.414 e. The minimum atomic E-state index is -0.490. The number of carbonyl (C=O) groups excluding carboxylic acids is 1. The third-order valence-corrected chi connectivity index (χ3v) is 4.18. The molecule has 0 bridgehead atoms. The van der Waals surface area contributed by atoms with Crippen molar-refractivity contribution in [1.29, 1.82) is 0 Å². The van der Waals surface area contributed by atoms with Crippen LogP contribution in [0.15, 0.2) is 30.3 Å². The van der Waals surface area contributed by atoms with Crippen molar-refractivity contribution in [3.05, 3.63) is 41.5 Å². The van der Waals surface area contributed by atoms with E-state index in [0.29, 0.717) is 12.5 Å². The van der Waals surface area contributed by atoms with E-state index in [0.717, 1.165) is 30.6 Å². The summed E-state index contributed by atoms with van der Waals surface area (Å²) >= 11 is 0. The topological polar surface area (TPSA) is 32.8 Å². The van der Waals surface area contributed by atoms with E-state index in [1.165, 1.54) is 5.56 Å². The second kappa shape index (κ2) is 8.05. The SMILES string of the molecule is C[C@H]1CC=C(c2cccc(CCN(C)C)c2)N(C(=O)OC(C)(C)C)C1. The number of hydrogen-bond donors (Lipinski definition) is 0. The number of likely N-dealkylation sites (N-methyl/N-ethyl adjacent to an activating group) is 1. The summed E-state index contributed by atoms with van der Waals surface area (Å²) in [6.45, 7) is 9.59. The fraction of sp³-hybridized carbons (Fsp3) is 0.571. The molecule has 4 heteroatoms. The van der Waals surface area contributed by atoms with E-state index in [-0.39, 0.29) is 6.09 Å². The van der Waals surface area contributed by atoms with Gasteiger partial charge in [-0.05, 0) is 70.8 Å². The van der Waals surface area contributed by atoms with Gasteiger partial charge in [0, 0.05) is 13.1 Å². The largest absolute Gasteiger partial charge is 0.443 e. The van der Waals surface area contributed by atoms with E-state index in [1.54, 1.807) is 4.90 Å². The van der Waals surface area contributed by atoms with Crippen molar-refractivity contribution in [1.82, 2.24) is 9.80 Å². The van der Waals surface area contributed by atoms with E-state index in [2.05, 4.69) is 56.3 Å². The fourth-order valence-corrected chi connectivity index (χ4v) is 2.91. The predicted octanol–water partition coefficient (Wildman–Crippen LogP) is 4.41. The number of nitrogens with zero attached hydrogens (tertiary/aromatic N) is 2. The zero-order valence-corrected chi connectivity index (χ0v) is 16.5. The lowest BCUT2D eigenvalue weighted by Gasteiger charge is -2.34. The Bertz CT molecular complexity index is 629. The lowest BCUT2D eigenvalue weighted by molar-refractivity contribution is 0.0327. The van der Waals surface area contributed by atoms with E-state index in [4.69, 9.17) is 4.74 Å². The fourth-order valence-electron chi connectivity index (χ4n) is 2.91. The van der Waals surface area contributed by atoms with Crippen LogP contribution in [0.3, 0.4) is 0 Å². The summed E-state index contributed by atoms with van der Waals surface area (Å²) in [5.74, 6) is 0.438. The summed E-state index contributed by atoms with van der Waals surface area (Å²) in [5.41, 5.74) is 2.86. The van der Waals surface area contributed by atoms with Gasteiger partial charge in [0.15, 0.2) is 0 Å². The van der Waals surface area contributed by atoms with Crippen LogP contribution in [0.1, 0.15) is 45.2 Å². The summed E-state index contributed by atoms with van der Waals surface area (Å²) in [4.78, 5) is 16.7. The van der Waals surface area contributed by atoms with Gasteiger partial charge < -0.3 is 9.64 Å². The molecule has 0 fully saturated rings. The maximum atomic E-state index is 12.7. The van der Waals surface area contributed by atoms with E-state index in [9.17, 15) is 4.79 Å². The first kappa shape index (κ1) is 19.5. The molecule has 0 N–H and O–H groups in total. The molecule has 0 aromatic heterocycles. The van der Waals surface area contributed by atoms with Crippen molar-refractivity contribution >= 4 is 11.8 Å². The van der Waals surface area contributed by atoms with Gasteiger partial charge in [0.25, 0.3) is 0 Å². The van der Waals surface area contributed by atoms with Crippen LogP contribution in [0.5, 0.6) is 0 Å². The number of ether oxygens (including phenoxy) is 1. The molecule has 138 valence electrons. The molecule has 1 aliphatic heterocycles. The lowest BCUT2D eigenvalue weighted by atomic mass is 9.97. The quantitative estimate of drug-likeness (QED) is 0.811. The van der Waals surface area contributed by atoms with Gasteiger partial charge in [-0.2, -0.15) is 0 Å². The molecule has 0 saturated carbocycles. The summed E-state index contributed by atoms with van der Waals surface area (Å²) in [6, 6.07) is 8.50. The third-order valence-electron chi connectivity index (χ3n) is 4.18. The molecule has 1 aliphatic rings. The number of carbonyl (C=O) groups is 1. The van der Waals surface area contributed by atoms with Crippen molar-refractivity contribution in [2.75, 3.05) is 27.2 Å². The van der Waals surface area contributed by atoms with Gasteiger partial charge in [0.1, 0.15) is 5.60 Å². The molecule has 4 nitrogen and oxygen atoms in total. The van der Waals surface area contributed by atoms with Crippen molar-refractivity contribution < 1.29 is 9.53 Å². The van der Waals surface area contributed by atoms with Crippen molar-refractivity contribution in [2.45, 2.75) is 46.1 Å². The first-order valence-corrected chi connectivity index (χ1v) is 9.10. The molecule has 0 unspecified atom stereocenters. The highest BCUT2D eigenvalue weighted by Gasteiger charge is 2.29. The van der Waals surface area contributed by atoms with Crippen molar-refractivity contribution in [3.8, 4) is 0 Å². The third kappa shape index (κ3) is 5.89. The molecule has 1 atom stereocenters. The Labute approximate surface area is 152 Å². The monoisotopic (exact) mass is 344 g/mol. The van der Waals surface area contributed by atoms with Crippen LogP contribution in [0, 0.1) is 5.92 Å². The zero-order valence-electron chi connectivity index (χ0n) is 16.5. The number of allylic oxidation sites excluding steroid dienone is 1. The van der Waals surface area contributed by atoms with Crippen LogP contribution >= 0.6 is 0 Å². The summed E-state index contributed by atoms with van der Waals surface area (Å²) in [6.07, 6.45) is 3.89. The van der Waals surface area contributed by atoms with E-state index >= 15 is 0 Å². The van der Waals surface area contributed by atoms with Gasteiger partial charge in [-0.3, -0.25) is 4.90 Å². The molecular weight excluding hydrogens is 312 g/mol. The normalized spacial score (nSPS) is 18.3.